The monoisotopic (exact) mass is 276 g/mol. The highest BCUT2D eigenvalue weighted by Crippen LogP contribution is 2.25. The maximum Gasteiger partial charge on any atom is 0.224 e. The van der Waals surface area contributed by atoms with E-state index in [9.17, 15) is 4.79 Å². The van der Waals surface area contributed by atoms with Crippen molar-refractivity contribution < 1.29 is 9.53 Å². The number of hydrogen-bond acceptors (Lipinski definition) is 3. The summed E-state index contributed by atoms with van der Waals surface area (Å²) in [4.78, 5) is 11.5. The molecule has 4 nitrogen and oxygen atoms in total. The predicted octanol–water partition coefficient (Wildman–Crippen LogP) is 3.32. The van der Waals surface area contributed by atoms with E-state index in [1.54, 1.807) is 0 Å². The largest absolute Gasteiger partial charge is 0.382 e. The van der Waals surface area contributed by atoms with Crippen LogP contribution in [-0.2, 0) is 9.53 Å². The normalized spacial score (nSPS) is 19.2. The van der Waals surface area contributed by atoms with Crippen molar-refractivity contribution in [1.82, 2.24) is 0 Å². The second-order valence-electron chi connectivity index (χ2n) is 5.26. The van der Waals surface area contributed by atoms with Crippen molar-refractivity contribution in [3.05, 3.63) is 23.8 Å². The summed E-state index contributed by atoms with van der Waals surface area (Å²) >= 11 is 0. The van der Waals surface area contributed by atoms with E-state index in [0.29, 0.717) is 12.5 Å². The molecule has 2 rings (SSSR count). The molecule has 1 aliphatic heterocycles. The lowest BCUT2D eigenvalue weighted by Crippen LogP contribution is -2.20. The Morgan fingerprint density at radius 3 is 2.90 bits per heavy atom. The number of benzene rings is 1. The number of nitrogens with one attached hydrogen (secondary N) is 2. The van der Waals surface area contributed by atoms with Crippen LogP contribution >= 0.6 is 0 Å². The van der Waals surface area contributed by atoms with Crippen molar-refractivity contribution in [2.45, 2.75) is 45.6 Å². The molecule has 1 amide bonds. The van der Waals surface area contributed by atoms with Gasteiger partial charge in [0, 0.05) is 37.1 Å². The zero-order valence-electron chi connectivity index (χ0n) is 12.4. The zero-order valence-corrected chi connectivity index (χ0v) is 12.4. The number of amides is 1. The molecule has 1 heterocycles. The summed E-state index contributed by atoms with van der Waals surface area (Å²) in [6.45, 7) is 5.59. The third kappa shape index (κ3) is 3.97. The molecule has 0 aromatic heterocycles. The van der Waals surface area contributed by atoms with Crippen molar-refractivity contribution in [2.24, 2.45) is 0 Å². The lowest BCUT2D eigenvalue weighted by atomic mass is 10.1. The van der Waals surface area contributed by atoms with Crippen LogP contribution in [0.25, 0.3) is 0 Å². The number of ether oxygens (including phenoxy) is 1. The summed E-state index contributed by atoms with van der Waals surface area (Å²) in [6, 6.07) is 6.45. The standard InChI is InChI=1S/C16H24N2O2/c1-3-16(19)18-15-8-4-7-14(12(15)2)17-13-6-5-10-20-11-9-13/h4,7-8,13,17H,3,5-6,9-11H2,1-2H3,(H,18,19). The van der Waals surface area contributed by atoms with Gasteiger partial charge in [0.1, 0.15) is 0 Å². The van der Waals surface area contributed by atoms with Crippen LogP contribution < -0.4 is 10.6 Å². The first-order valence-corrected chi connectivity index (χ1v) is 7.44. The second-order valence-corrected chi connectivity index (χ2v) is 5.26. The molecule has 0 spiro atoms. The Morgan fingerprint density at radius 1 is 1.30 bits per heavy atom. The van der Waals surface area contributed by atoms with Crippen LogP contribution in [0.2, 0.25) is 0 Å². The van der Waals surface area contributed by atoms with Gasteiger partial charge in [-0.2, -0.15) is 0 Å². The van der Waals surface area contributed by atoms with E-state index < -0.39 is 0 Å². The van der Waals surface area contributed by atoms with Gasteiger partial charge in [-0.1, -0.05) is 13.0 Å². The van der Waals surface area contributed by atoms with Crippen LogP contribution in [0.15, 0.2) is 18.2 Å². The van der Waals surface area contributed by atoms with E-state index in [0.717, 1.165) is 49.4 Å². The minimum absolute atomic E-state index is 0.0492. The van der Waals surface area contributed by atoms with Crippen LogP contribution in [0.3, 0.4) is 0 Å². The van der Waals surface area contributed by atoms with Gasteiger partial charge in [-0.15, -0.1) is 0 Å². The molecule has 0 aliphatic carbocycles. The first-order chi connectivity index (χ1) is 9.70. The topological polar surface area (TPSA) is 50.4 Å². The average molecular weight is 276 g/mol. The third-order valence-electron chi connectivity index (χ3n) is 3.74. The number of anilines is 2. The molecule has 1 atom stereocenters. The summed E-state index contributed by atoms with van der Waals surface area (Å²) in [6.07, 6.45) is 3.76. The minimum Gasteiger partial charge on any atom is -0.382 e. The highest BCUT2D eigenvalue weighted by Gasteiger charge is 2.14. The van der Waals surface area contributed by atoms with E-state index in [4.69, 9.17) is 4.74 Å². The van der Waals surface area contributed by atoms with Gasteiger partial charge in [-0.05, 0) is 43.9 Å². The number of hydrogen-bond donors (Lipinski definition) is 2. The molecule has 1 aromatic carbocycles. The van der Waals surface area contributed by atoms with Gasteiger partial charge in [0.2, 0.25) is 5.91 Å². The molecule has 110 valence electrons. The maximum absolute atomic E-state index is 11.5. The number of carbonyl (C=O) groups excluding carboxylic acids is 1. The van der Waals surface area contributed by atoms with E-state index in [-0.39, 0.29) is 5.91 Å². The summed E-state index contributed by atoms with van der Waals surface area (Å²) in [5.74, 6) is 0.0492. The van der Waals surface area contributed by atoms with E-state index >= 15 is 0 Å². The van der Waals surface area contributed by atoms with Gasteiger partial charge < -0.3 is 15.4 Å². The molecular weight excluding hydrogens is 252 g/mol. The second kappa shape index (κ2) is 7.29. The average Bonchev–Trinajstić information content (AvgIpc) is 2.71. The fraction of sp³-hybridized carbons (Fsp3) is 0.562. The number of rotatable bonds is 4. The van der Waals surface area contributed by atoms with E-state index in [1.807, 2.05) is 26.0 Å². The maximum atomic E-state index is 11.5. The Kier molecular flexibility index (Phi) is 5.41. The van der Waals surface area contributed by atoms with Crippen molar-refractivity contribution in [3.63, 3.8) is 0 Å². The third-order valence-corrected chi connectivity index (χ3v) is 3.74. The summed E-state index contributed by atoms with van der Waals surface area (Å²) in [5.41, 5.74) is 3.09. The molecule has 4 heteroatoms. The summed E-state index contributed by atoms with van der Waals surface area (Å²) < 4.78 is 5.49. The minimum atomic E-state index is 0.0492. The highest BCUT2D eigenvalue weighted by molar-refractivity contribution is 5.92. The first kappa shape index (κ1) is 14.9. The predicted molar refractivity (Wildman–Crippen MR) is 82.2 cm³/mol. The Labute approximate surface area is 120 Å². The van der Waals surface area contributed by atoms with Gasteiger partial charge >= 0.3 is 0 Å². The molecule has 1 aromatic rings. The fourth-order valence-electron chi connectivity index (χ4n) is 2.43. The van der Waals surface area contributed by atoms with Crippen LogP contribution in [-0.4, -0.2) is 25.2 Å². The van der Waals surface area contributed by atoms with Gasteiger partial charge in [0.15, 0.2) is 0 Å². The Bertz CT molecular complexity index is 452. The van der Waals surface area contributed by atoms with Gasteiger partial charge in [-0.3, -0.25) is 4.79 Å². The van der Waals surface area contributed by atoms with Crippen molar-refractivity contribution in [1.29, 1.82) is 0 Å². The van der Waals surface area contributed by atoms with Gasteiger partial charge in [0.05, 0.1) is 0 Å². The quantitative estimate of drug-likeness (QED) is 0.887. The SMILES string of the molecule is CCC(=O)Nc1cccc(NC2CCCOCC2)c1C. The lowest BCUT2D eigenvalue weighted by molar-refractivity contribution is -0.115. The molecule has 1 unspecified atom stereocenters. The summed E-state index contributed by atoms with van der Waals surface area (Å²) in [5, 5.41) is 6.54. The lowest BCUT2D eigenvalue weighted by Gasteiger charge is -2.20. The first-order valence-electron chi connectivity index (χ1n) is 7.44. The Balaban J connectivity index is 2.07. The Morgan fingerprint density at radius 2 is 2.10 bits per heavy atom. The summed E-state index contributed by atoms with van der Waals surface area (Å²) in [7, 11) is 0. The van der Waals surface area contributed by atoms with Crippen molar-refractivity contribution in [2.75, 3.05) is 23.8 Å². The molecule has 1 saturated heterocycles. The van der Waals surface area contributed by atoms with Crippen LogP contribution in [0.4, 0.5) is 11.4 Å². The van der Waals surface area contributed by atoms with E-state index in [1.165, 1.54) is 0 Å². The van der Waals surface area contributed by atoms with Crippen LogP contribution in [0.1, 0.15) is 38.2 Å². The zero-order chi connectivity index (χ0) is 14.4. The molecule has 20 heavy (non-hydrogen) atoms. The van der Waals surface area contributed by atoms with Crippen molar-refractivity contribution >= 4 is 17.3 Å². The van der Waals surface area contributed by atoms with Gasteiger partial charge in [-0.25, -0.2) is 0 Å². The van der Waals surface area contributed by atoms with Gasteiger partial charge in [0.25, 0.3) is 0 Å². The van der Waals surface area contributed by atoms with E-state index in [2.05, 4.69) is 16.7 Å². The van der Waals surface area contributed by atoms with Crippen LogP contribution in [0.5, 0.6) is 0 Å². The molecule has 1 fully saturated rings. The molecule has 2 N–H and O–H groups in total. The fourth-order valence-corrected chi connectivity index (χ4v) is 2.43. The molecule has 0 bridgehead atoms. The number of carbonyl (C=O) groups is 1. The smallest absolute Gasteiger partial charge is 0.224 e. The van der Waals surface area contributed by atoms with Crippen molar-refractivity contribution in [3.8, 4) is 0 Å². The highest BCUT2D eigenvalue weighted by atomic mass is 16.5. The molecule has 1 aliphatic rings. The Hall–Kier alpha value is -1.55. The molecule has 0 radical (unpaired) electrons. The molecule has 0 saturated carbocycles. The molecular formula is C16H24N2O2. The van der Waals surface area contributed by atoms with Crippen LogP contribution in [0, 0.1) is 6.92 Å².